The van der Waals surface area contributed by atoms with E-state index in [1.54, 1.807) is 26.8 Å². The minimum absolute atomic E-state index is 0.0141. The average molecular weight is 380 g/mol. The second-order valence-electron chi connectivity index (χ2n) is 8.93. The van der Waals surface area contributed by atoms with Crippen LogP contribution in [0.5, 0.6) is 0 Å². The van der Waals surface area contributed by atoms with Gasteiger partial charge in [0.05, 0.1) is 12.2 Å². The molecule has 1 spiro atoms. The molecule has 2 saturated heterocycles. The summed E-state index contributed by atoms with van der Waals surface area (Å²) in [4.78, 5) is 25.0. The summed E-state index contributed by atoms with van der Waals surface area (Å²) in [5, 5.41) is 21.4. The Hall–Kier alpha value is -1.44. The number of hydrogen-bond donors (Lipinski definition) is 2. The lowest BCUT2D eigenvalue weighted by molar-refractivity contribution is -0.219. The zero-order chi connectivity index (χ0) is 19.8. The van der Waals surface area contributed by atoms with E-state index in [1.807, 2.05) is 6.92 Å². The van der Waals surface area contributed by atoms with Crippen LogP contribution in [0.15, 0.2) is 11.6 Å². The second-order valence-corrected chi connectivity index (χ2v) is 8.93. The van der Waals surface area contributed by atoms with Crippen LogP contribution in [0.3, 0.4) is 0 Å². The second kappa shape index (κ2) is 5.78. The lowest BCUT2D eigenvalue weighted by Crippen LogP contribution is -2.56. The van der Waals surface area contributed by atoms with Crippen LogP contribution in [0.1, 0.15) is 47.0 Å². The summed E-state index contributed by atoms with van der Waals surface area (Å²) in [6.07, 6.45) is 2.05. The Morgan fingerprint density at radius 2 is 2.11 bits per heavy atom. The standard InChI is InChI=1S/C20H28O7/c1-5-10(2)16(22)25-14-8-18(4,24)20-7-12-13(6-11(3)15(14)20)26-17(23)19(12,9-21)27-20/h5,11-15,21,24H,6-9H2,1-4H3/b10-5-/t11-,12+,13-,14+,15-,18-,19+,20-/m1/s1. The van der Waals surface area contributed by atoms with Crippen LogP contribution in [-0.4, -0.2) is 57.8 Å². The summed E-state index contributed by atoms with van der Waals surface area (Å²) in [5.74, 6) is -1.53. The Balaban J connectivity index is 1.76. The molecule has 4 aliphatic rings. The van der Waals surface area contributed by atoms with Crippen LogP contribution in [0.2, 0.25) is 0 Å². The van der Waals surface area contributed by atoms with Crippen molar-refractivity contribution in [1.29, 1.82) is 0 Å². The highest BCUT2D eigenvalue weighted by molar-refractivity contribution is 5.87. The number of carbonyl (C=O) groups excluding carboxylic acids is 2. The first-order valence-corrected chi connectivity index (χ1v) is 9.70. The van der Waals surface area contributed by atoms with Crippen molar-refractivity contribution < 1.29 is 34.0 Å². The number of esters is 2. The van der Waals surface area contributed by atoms with Crippen molar-refractivity contribution in [3.63, 3.8) is 0 Å². The Labute approximate surface area is 158 Å². The SMILES string of the molecule is C/C=C(/C)C(=O)O[C@H]1C[C@@](C)(O)[C@@]23C[C@H]4[C@@H](C[C@@H](C)[C@H]12)OC(=O)[C@@]4(CO)O3. The van der Waals surface area contributed by atoms with Gasteiger partial charge in [0.1, 0.15) is 17.8 Å². The quantitative estimate of drug-likeness (QED) is 0.558. The highest BCUT2D eigenvalue weighted by atomic mass is 16.6. The van der Waals surface area contributed by atoms with Gasteiger partial charge in [-0.3, -0.25) is 0 Å². The van der Waals surface area contributed by atoms with Gasteiger partial charge in [-0.25, -0.2) is 9.59 Å². The van der Waals surface area contributed by atoms with Crippen molar-refractivity contribution in [1.82, 2.24) is 0 Å². The molecular weight excluding hydrogens is 352 g/mol. The molecule has 0 unspecified atom stereocenters. The van der Waals surface area contributed by atoms with Gasteiger partial charge >= 0.3 is 11.9 Å². The molecule has 150 valence electrons. The van der Waals surface area contributed by atoms with Crippen molar-refractivity contribution >= 4 is 11.9 Å². The molecule has 27 heavy (non-hydrogen) atoms. The number of rotatable bonds is 3. The molecule has 0 aromatic heterocycles. The summed E-state index contributed by atoms with van der Waals surface area (Å²) in [7, 11) is 0. The fourth-order valence-corrected chi connectivity index (χ4v) is 5.99. The zero-order valence-corrected chi connectivity index (χ0v) is 16.2. The van der Waals surface area contributed by atoms with Gasteiger partial charge in [0.15, 0.2) is 5.60 Å². The molecule has 2 bridgehead atoms. The number of aliphatic hydroxyl groups is 2. The highest BCUT2D eigenvalue weighted by Crippen LogP contribution is 2.65. The summed E-state index contributed by atoms with van der Waals surface area (Å²) >= 11 is 0. The molecule has 4 rings (SSSR count). The third kappa shape index (κ3) is 2.25. The maximum atomic E-state index is 12.6. The molecular formula is C20H28O7. The van der Waals surface area contributed by atoms with Gasteiger partial charge in [-0.05, 0) is 39.5 Å². The molecule has 2 saturated carbocycles. The van der Waals surface area contributed by atoms with Crippen molar-refractivity contribution in [3.05, 3.63) is 11.6 Å². The van der Waals surface area contributed by atoms with Crippen LogP contribution in [-0.2, 0) is 23.8 Å². The molecule has 2 aliphatic carbocycles. The van der Waals surface area contributed by atoms with Crippen molar-refractivity contribution in [2.45, 2.75) is 76.0 Å². The molecule has 0 radical (unpaired) electrons. The molecule has 7 nitrogen and oxygen atoms in total. The van der Waals surface area contributed by atoms with Crippen LogP contribution in [0, 0.1) is 17.8 Å². The molecule has 2 heterocycles. The van der Waals surface area contributed by atoms with Crippen molar-refractivity contribution in [2.24, 2.45) is 17.8 Å². The van der Waals surface area contributed by atoms with Gasteiger partial charge in [0.25, 0.3) is 0 Å². The molecule has 7 heteroatoms. The van der Waals surface area contributed by atoms with E-state index in [-0.39, 0.29) is 30.3 Å². The van der Waals surface area contributed by atoms with Gasteiger partial charge in [0.2, 0.25) is 0 Å². The minimum atomic E-state index is -1.43. The van der Waals surface area contributed by atoms with Gasteiger partial charge in [-0.2, -0.15) is 0 Å². The van der Waals surface area contributed by atoms with E-state index in [1.165, 1.54) is 0 Å². The predicted molar refractivity (Wildman–Crippen MR) is 93.4 cm³/mol. The largest absolute Gasteiger partial charge is 0.460 e. The Bertz CT molecular complexity index is 713. The lowest BCUT2D eigenvalue weighted by atomic mass is 9.74. The van der Waals surface area contributed by atoms with Crippen molar-refractivity contribution in [2.75, 3.05) is 6.61 Å². The third-order valence-corrected chi connectivity index (χ3v) is 7.45. The van der Waals surface area contributed by atoms with E-state index in [2.05, 4.69) is 0 Å². The van der Waals surface area contributed by atoms with E-state index in [0.29, 0.717) is 18.4 Å². The summed E-state index contributed by atoms with van der Waals surface area (Å²) in [6, 6.07) is 0. The highest BCUT2D eigenvalue weighted by Gasteiger charge is 2.78. The molecule has 2 N–H and O–H groups in total. The summed E-state index contributed by atoms with van der Waals surface area (Å²) in [6.45, 7) is 6.69. The van der Waals surface area contributed by atoms with E-state index in [9.17, 15) is 19.8 Å². The van der Waals surface area contributed by atoms with Crippen molar-refractivity contribution in [3.8, 4) is 0 Å². The Kier molecular flexibility index (Phi) is 4.05. The van der Waals surface area contributed by atoms with E-state index in [4.69, 9.17) is 14.2 Å². The number of ether oxygens (including phenoxy) is 3. The normalized spacial score (nSPS) is 51.0. The monoisotopic (exact) mass is 380 g/mol. The van der Waals surface area contributed by atoms with Crippen LogP contribution in [0.4, 0.5) is 0 Å². The fraction of sp³-hybridized carbons (Fsp3) is 0.800. The van der Waals surface area contributed by atoms with E-state index in [0.717, 1.165) is 0 Å². The number of aliphatic hydroxyl groups excluding tert-OH is 1. The topological polar surface area (TPSA) is 102 Å². The average Bonchev–Trinajstić information content (AvgIpc) is 3.12. The molecule has 0 aromatic rings. The van der Waals surface area contributed by atoms with Gasteiger partial charge in [0, 0.05) is 23.8 Å². The molecule has 4 fully saturated rings. The minimum Gasteiger partial charge on any atom is -0.460 e. The Morgan fingerprint density at radius 1 is 1.41 bits per heavy atom. The first-order valence-electron chi connectivity index (χ1n) is 9.70. The van der Waals surface area contributed by atoms with Gasteiger partial charge in [-0.15, -0.1) is 0 Å². The zero-order valence-electron chi connectivity index (χ0n) is 16.2. The molecule has 8 atom stereocenters. The summed E-state index contributed by atoms with van der Waals surface area (Å²) in [5.41, 5.74) is -3.26. The number of hydrogen-bond acceptors (Lipinski definition) is 7. The maximum absolute atomic E-state index is 12.6. The molecule has 0 aromatic carbocycles. The smallest absolute Gasteiger partial charge is 0.341 e. The summed E-state index contributed by atoms with van der Waals surface area (Å²) < 4.78 is 17.6. The lowest BCUT2D eigenvalue weighted by Gasteiger charge is -2.43. The van der Waals surface area contributed by atoms with Crippen LogP contribution >= 0.6 is 0 Å². The maximum Gasteiger partial charge on any atom is 0.341 e. The number of allylic oxidation sites excluding steroid dienone is 1. The first kappa shape index (κ1) is 18.9. The van der Waals surface area contributed by atoms with Crippen LogP contribution in [0.25, 0.3) is 0 Å². The van der Waals surface area contributed by atoms with Gasteiger partial charge < -0.3 is 24.4 Å². The molecule has 2 aliphatic heterocycles. The first-order chi connectivity index (χ1) is 12.6. The fourth-order valence-electron chi connectivity index (χ4n) is 5.99. The Morgan fingerprint density at radius 3 is 2.74 bits per heavy atom. The van der Waals surface area contributed by atoms with E-state index >= 15 is 0 Å². The molecule has 0 amide bonds. The predicted octanol–water partition coefficient (Wildman–Crippen LogP) is 1.11. The number of carbonyl (C=O) groups is 2. The van der Waals surface area contributed by atoms with E-state index < -0.39 is 41.5 Å². The van der Waals surface area contributed by atoms with Crippen LogP contribution < -0.4 is 0 Å². The van der Waals surface area contributed by atoms with Gasteiger partial charge in [-0.1, -0.05) is 13.0 Å². The third-order valence-electron chi connectivity index (χ3n) is 7.45.